The Hall–Kier alpha value is -1.01. The number of carboxylic acids is 1. The Morgan fingerprint density at radius 2 is 1.83 bits per heavy atom. The first-order valence-electron chi connectivity index (χ1n) is 4.67. The number of rotatable bonds is 4. The number of aliphatic carboxylic acids is 1. The van der Waals surface area contributed by atoms with Crippen LogP contribution in [0, 0.1) is 0 Å². The van der Waals surface area contributed by atoms with E-state index in [2.05, 4.69) is 4.84 Å². The van der Waals surface area contributed by atoms with Crippen LogP contribution in [0.15, 0.2) is 12.1 Å². The maximum Gasteiger partial charge on any atom is 0.335 e. The van der Waals surface area contributed by atoms with Gasteiger partial charge in [0.15, 0.2) is 6.10 Å². The summed E-state index contributed by atoms with van der Waals surface area (Å²) < 4.78 is 0. The summed E-state index contributed by atoms with van der Waals surface area (Å²) in [6, 6.07) is 2.83. The van der Waals surface area contributed by atoms with Gasteiger partial charge in [-0.25, -0.2) is 10.3 Å². The molecule has 5 nitrogen and oxygen atoms in total. The van der Waals surface area contributed by atoms with Gasteiger partial charge in [-0.05, 0) is 19.1 Å². The number of amides is 1. The van der Waals surface area contributed by atoms with Crippen molar-refractivity contribution in [2.45, 2.75) is 13.0 Å². The van der Waals surface area contributed by atoms with Crippen LogP contribution < -0.4 is 5.48 Å². The smallest absolute Gasteiger partial charge is 0.335 e. The maximum atomic E-state index is 11.7. The van der Waals surface area contributed by atoms with Crippen molar-refractivity contribution < 1.29 is 19.5 Å². The van der Waals surface area contributed by atoms with Crippen LogP contribution in [0.5, 0.6) is 0 Å². The van der Waals surface area contributed by atoms with Crippen LogP contribution in [-0.2, 0) is 9.63 Å². The van der Waals surface area contributed by atoms with E-state index in [0.717, 1.165) is 0 Å². The molecule has 18 heavy (non-hydrogen) atoms. The maximum absolute atomic E-state index is 11.7. The minimum absolute atomic E-state index is 0.0340. The first-order chi connectivity index (χ1) is 8.34. The van der Waals surface area contributed by atoms with Gasteiger partial charge in [0.05, 0.1) is 20.6 Å². The first kappa shape index (κ1) is 15.0. The van der Waals surface area contributed by atoms with Crippen LogP contribution in [0.2, 0.25) is 15.1 Å². The van der Waals surface area contributed by atoms with E-state index in [1.54, 1.807) is 0 Å². The third-order valence-corrected chi connectivity index (χ3v) is 3.07. The van der Waals surface area contributed by atoms with Gasteiger partial charge in [0, 0.05) is 0 Å². The van der Waals surface area contributed by atoms with E-state index in [9.17, 15) is 9.59 Å². The second kappa shape index (κ2) is 6.24. The monoisotopic (exact) mass is 311 g/mol. The van der Waals surface area contributed by atoms with Gasteiger partial charge < -0.3 is 5.11 Å². The number of carbonyl (C=O) groups is 2. The van der Waals surface area contributed by atoms with Gasteiger partial charge in [0.25, 0.3) is 5.91 Å². The molecular formula is C10H8Cl3NO4. The SMILES string of the molecule is CC(ONC(=O)c1c(Cl)ccc(Cl)c1Cl)C(=O)O. The number of hydrogen-bond acceptors (Lipinski definition) is 3. The molecule has 0 saturated heterocycles. The van der Waals surface area contributed by atoms with E-state index in [4.69, 9.17) is 39.9 Å². The van der Waals surface area contributed by atoms with E-state index in [1.165, 1.54) is 19.1 Å². The molecule has 0 aliphatic carbocycles. The Labute approximate surface area is 118 Å². The van der Waals surface area contributed by atoms with Crippen molar-refractivity contribution in [2.24, 2.45) is 0 Å². The largest absolute Gasteiger partial charge is 0.479 e. The molecule has 1 rings (SSSR count). The zero-order valence-corrected chi connectivity index (χ0v) is 11.3. The van der Waals surface area contributed by atoms with Gasteiger partial charge in [0.1, 0.15) is 0 Å². The zero-order valence-electron chi connectivity index (χ0n) is 9.04. The Bertz CT molecular complexity index is 492. The molecule has 8 heteroatoms. The summed E-state index contributed by atoms with van der Waals surface area (Å²) in [4.78, 5) is 26.8. The van der Waals surface area contributed by atoms with Crippen LogP contribution in [0.1, 0.15) is 17.3 Å². The molecule has 0 heterocycles. The Morgan fingerprint density at radius 3 is 2.39 bits per heavy atom. The van der Waals surface area contributed by atoms with E-state index < -0.39 is 18.0 Å². The minimum Gasteiger partial charge on any atom is -0.479 e. The molecule has 98 valence electrons. The second-order valence-corrected chi connectivity index (χ2v) is 4.44. The van der Waals surface area contributed by atoms with Crippen molar-refractivity contribution in [1.29, 1.82) is 0 Å². The Balaban J connectivity index is 2.85. The van der Waals surface area contributed by atoms with Gasteiger partial charge in [-0.15, -0.1) is 0 Å². The average Bonchev–Trinajstić information content (AvgIpc) is 2.31. The highest BCUT2D eigenvalue weighted by Gasteiger charge is 2.19. The summed E-state index contributed by atoms with van der Waals surface area (Å²) >= 11 is 17.4. The highest BCUT2D eigenvalue weighted by molar-refractivity contribution is 6.46. The Kier molecular flexibility index (Phi) is 5.22. The molecule has 0 aromatic heterocycles. The second-order valence-electron chi connectivity index (χ2n) is 3.25. The van der Waals surface area contributed by atoms with Gasteiger partial charge >= 0.3 is 5.97 Å². The molecule has 0 aliphatic rings. The third kappa shape index (κ3) is 3.49. The summed E-state index contributed by atoms with van der Waals surface area (Å²) in [6.45, 7) is 1.25. The van der Waals surface area contributed by atoms with Crippen LogP contribution in [0.4, 0.5) is 0 Å². The van der Waals surface area contributed by atoms with Crippen molar-refractivity contribution in [3.8, 4) is 0 Å². The summed E-state index contributed by atoms with van der Waals surface area (Å²) in [5.41, 5.74) is 1.86. The average molecular weight is 313 g/mol. The van der Waals surface area contributed by atoms with Crippen LogP contribution in [0.25, 0.3) is 0 Å². The van der Waals surface area contributed by atoms with Gasteiger partial charge in [0.2, 0.25) is 0 Å². The van der Waals surface area contributed by atoms with Crippen LogP contribution in [0.3, 0.4) is 0 Å². The van der Waals surface area contributed by atoms with Gasteiger partial charge in [-0.2, -0.15) is 0 Å². The van der Waals surface area contributed by atoms with Crippen molar-refractivity contribution in [2.75, 3.05) is 0 Å². The van der Waals surface area contributed by atoms with E-state index in [0.29, 0.717) is 0 Å². The summed E-state index contributed by atoms with van der Waals surface area (Å²) in [7, 11) is 0. The predicted molar refractivity (Wildman–Crippen MR) is 67.1 cm³/mol. The molecule has 0 fully saturated rings. The summed E-state index contributed by atoms with van der Waals surface area (Å²) in [6.07, 6.45) is -1.20. The molecule has 0 spiro atoms. The summed E-state index contributed by atoms with van der Waals surface area (Å²) in [5, 5.41) is 8.76. The number of carboxylic acid groups (broad SMARTS) is 1. The molecule has 0 aliphatic heterocycles. The fraction of sp³-hybridized carbons (Fsp3) is 0.200. The lowest BCUT2D eigenvalue weighted by molar-refractivity contribution is -0.152. The molecule has 1 amide bonds. The normalized spacial score (nSPS) is 12.0. The zero-order chi connectivity index (χ0) is 13.9. The number of benzene rings is 1. The molecule has 0 radical (unpaired) electrons. The lowest BCUT2D eigenvalue weighted by Gasteiger charge is -2.11. The molecule has 0 bridgehead atoms. The summed E-state index contributed by atoms with van der Waals surface area (Å²) in [5.74, 6) is -2.00. The van der Waals surface area contributed by atoms with E-state index in [1.807, 2.05) is 5.48 Å². The van der Waals surface area contributed by atoms with Crippen molar-refractivity contribution >= 4 is 46.7 Å². The molecule has 1 aromatic carbocycles. The predicted octanol–water partition coefficient (Wildman–Crippen LogP) is 2.78. The minimum atomic E-state index is -1.22. The molecule has 1 aromatic rings. The fourth-order valence-corrected chi connectivity index (χ4v) is 1.68. The molecule has 2 N–H and O–H groups in total. The van der Waals surface area contributed by atoms with Crippen molar-refractivity contribution in [3.63, 3.8) is 0 Å². The lowest BCUT2D eigenvalue weighted by atomic mass is 10.2. The number of hydroxylamine groups is 1. The molecule has 1 atom stereocenters. The Morgan fingerprint density at radius 1 is 1.28 bits per heavy atom. The van der Waals surface area contributed by atoms with E-state index >= 15 is 0 Å². The highest BCUT2D eigenvalue weighted by Crippen LogP contribution is 2.31. The fourth-order valence-electron chi connectivity index (χ4n) is 0.979. The molecule has 1 unspecified atom stereocenters. The van der Waals surface area contributed by atoms with Crippen LogP contribution >= 0.6 is 34.8 Å². The highest BCUT2D eigenvalue weighted by atomic mass is 35.5. The topological polar surface area (TPSA) is 75.6 Å². The van der Waals surface area contributed by atoms with Crippen molar-refractivity contribution in [1.82, 2.24) is 5.48 Å². The number of carbonyl (C=O) groups excluding carboxylic acids is 1. The standard InChI is InChI=1S/C10H8Cl3NO4/c1-4(10(16)17)18-14-9(15)7-5(11)2-3-6(12)8(7)13/h2-4H,1H3,(H,14,15)(H,16,17). The number of halogens is 3. The lowest BCUT2D eigenvalue weighted by Crippen LogP contribution is -2.32. The first-order valence-corrected chi connectivity index (χ1v) is 5.80. The van der Waals surface area contributed by atoms with Gasteiger partial charge in [-0.1, -0.05) is 34.8 Å². The van der Waals surface area contributed by atoms with Crippen LogP contribution in [-0.4, -0.2) is 23.1 Å². The van der Waals surface area contributed by atoms with Gasteiger partial charge in [-0.3, -0.25) is 9.63 Å². The number of hydrogen-bond donors (Lipinski definition) is 2. The molecular weight excluding hydrogens is 304 g/mol. The molecule has 0 saturated carbocycles. The number of nitrogens with one attached hydrogen (secondary N) is 1. The quantitative estimate of drug-likeness (QED) is 0.662. The third-order valence-electron chi connectivity index (χ3n) is 1.95. The van der Waals surface area contributed by atoms with E-state index in [-0.39, 0.29) is 20.6 Å². The van der Waals surface area contributed by atoms with Crippen molar-refractivity contribution in [3.05, 3.63) is 32.8 Å².